The fourth-order valence-electron chi connectivity index (χ4n) is 1.08. The fraction of sp³-hybridized carbons (Fsp3) is 0.308. The van der Waals surface area contributed by atoms with Gasteiger partial charge in [-0.05, 0) is 29.9 Å². The van der Waals surface area contributed by atoms with E-state index in [-0.39, 0.29) is 30.6 Å². The first kappa shape index (κ1) is 7.17. The van der Waals surface area contributed by atoms with E-state index in [9.17, 15) is 4.79 Å². The van der Waals surface area contributed by atoms with Gasteiger partial charge >= 0.3 is 0 Å². The lowest BCUT2D eigenvalue weighted by Gasteiger charge is -2.00. The van der Waals surface area contributed by atoms with Crippen LogP contribution in [0, 0.1) is 0 Å². The van der Waals surface area contributed by atoms with Gasteiger partial charge in [-0.15, -0.1) is 0 Å². The summed E-state index contributed by atoms with van der Waals surface area (Å²) < 4.78 is 36.2. The number of hydrogen-bond donors (Lipinski definition) is 1. The lowest BCUT2D eigenvalue weighted by molar-refractivity contribution is -0.116. The van der Waals surface area contributed by atoms with Crippen LogP contribution in [-0.2, 0) is 4.79 Å². The molecule has 0 spiro atoms. The highest BCUT2D eigenvalue weighted by atomic mass is 32.2. The Morgan fingerprint density at radius 1 is 1.56 bits per heavy atom. The molecule has 0 bridgehead atoms. The first-order valence-electron chi connectivity index (χ1n) is 7.39. The molecular weight excluding hydrogens is 218 g/mol. The van der Waals surface area contributed by atoms with Crippen LogP contribution in [0.25, 0.3) is 6.08 Å². The smallest absolute Gasteiger partial charge is 0.243 e. The van der Waals surface area contributed by atoms with Gasteiger partial charge in [0, 0.05) is 19.5 Å². The second kappa shape index (κ2) is 7.99. The highest BCUT2D eigenvalue weighted by molar-refractivity contribution is 7.98. The van der Waals surface area contributed by atoms with Crippen molar-refractivity contribution in [2.45, 2.75) is 6.42 Å². The van der Waals surface area contributed by atoms with Crippen LogP contribution in [0.1, 0.15) is 18.8 Å². The molecule has 0 saturated carbocycles. The number of rotatable bonds is 6. The van der Waals surface area contributed by atoms with Gasteiger partial charge in [-0.1, -0.05) is 30.3 Å². The molecule has 0 heterocycles. The zero-order valence-corrected chi connectivity index (χ0v) is 9.59. The largest absolute Gasteiger partial charge is 0.353 e. The standard InChI is InChI=1S/C13H17NOS/c1-16-11-5-10-14-13(15)9-8-12-6-3-2-4-7-12/h2-4,6-9H,5,10-11H2,1H3,(H,14,15)/b9-8+/i1D3,11D2. The molecule has 16 heavy (non-hydrogen) atoms. The second-order valence-corrected chi connectivity index (χ2v) is 3.52. The summed E-state index contributed by atoms with van der Waals surface area (Å²) in [6, 6.07) is 9.31. The van der Waals surface area contributed by atoms with E-state index in [0.29, 0.717) is 0 Å². The van der Waals surface area contributed by atoms with Gasteiger partial charge in [0.1, 0.15) is 0 Å². The van der Waals surface area contributed by atoms with Gasteiger partial charge in [0.2, 0.25) is 5.91 Å². The van der Waals surface area contributed by atoms with E-state index in [2.05, 4.69) is 5.32 Å². The summed E-state index contributed by atoms with van der Waals surface area (Å²) in [7, 11) is 0. The first-order chi connectivity index (χ1) is 9.68. The summed E-state index contributed by atoms with van der Waals surface area (Å²) in [6.45, 7) is 0.0774. The molecule has 0 aliphatic carbocycles. The SMILES string of the molecule is [2H]C([2H])([2H])SC([2H])([2H])CCNC(=O)/C=C/c1ccccc1. The number of amides is 1. The molecule has 0 radical (unpaired) electrons. The zero-order chi connectivity index (χ0) is 15.9. The van der Waals surface area contributed by atoms with Crippen LogP contribution in [0.2, 0.25) is 0 Å². The third-order valence-electron chi connectivity index (χ3n) is 1.83. The number of benzene rings is 1. The summed E-state index contributed by atoms with van der Waals surface area (Å²) in [5, 5.41) is 2.53. The molecule has 0 saturated heterocycles. The van der Waals surface area contributed by atoms with Crippen LogP contribution in [0.3, 0.4) is 0 Å². The van der Waals surface area contributed by atoms with Crippen molar-refractivity contribution in [3.63, 3.8) is 0 Å². The maximum absolute atomic E-state index is 11.5. The molecule has 1 rings (SSSR count). The summed E-state index contributed by atoms with van der Waals surface area (Å²) >= 11 is 0.285. The lowest BCUT2D eigenvalue weighted by atomic mass is 10.2. The van der Waals surface area contributed by atoms with Crippen LogP contribution in [-0.4, -0.2) is 24.3 Å². The molecule has 1 N–H and O–H groups in total. The average Bonchev–Trinajstić information content (AvgIpc) is 2.34. The number of nitrogens with one attached hydrogen (secondary N) is 1. The van der Waals surface area contributed by atoms with Crippen molar-refractivity contribution in [2.24, 2.45) is 0 Å². The minimum absolute atomic E-state index is 0.0685. The molecule has 3 heteroatoms. The van der Waals surface area contributed by atoms with Crippen molar-refractivity contribution in [2.75, 3.05) is 18.4 Å². The van der Waals surface area contributed by atoms with Gasteiger partial charge in [0.15, 0.2) is 0 Å². The van der Waals surface area contributed by atoms with Crippen molar-refractivity contribution < 1.29 is 11.6 Å². The number of thioether (sulfide) groups is 1. The van der Waals surface area contributed by atoms with Crippen molar-refractivity contribution in [1.82, 2.24) is 5.32 Å². The molecule has 1 aromatic rings. The number of hydrogen-bond acceptors (Lipinski definition) is 2. The zero-order valence-electron chi connectivity index (χ0n) is 13.8. The summed E-state index contributed by atoms with van der Waals surface area (Å²) in [4.78, 5) is 11.5. The van der Waals surface area contributed by atoms with Crippen LogP contribution in [0.4, 0.5) is 0 Å². The van der Waals surface area contributed by atoms with Crippen LogP contribution in [0.15, 0.2) is 36.4 Å². The van der Waals surface area contributed by atoms with Gasteiger partial charge in [-0.25, -0.2) is 0 Å². The monoisotopic (exact) mass is 240 g/mol. The number of carbonyl (C=O) groups excluding carboxylic acids is 1. The third kappa shape index (κ3) is 5.61. The van der Waals surface area contributed by atoms with Gasteiger partial charge in [-0.2, -0.15) is 11.8 Å². The molecule has 1 amide bonds. The lowest BCUT2D eigenvalue weighted by Crippen LogP contribution is -2.22. The van der Waals surface area contributed by atoms with E-state index in [1.165, 1.54) is 6.08 Å². The van der Waals surface area contributed by atoms with Crippen LogP contribution < -0.4 is 5.32 Å². The molecular formula is C13H17NOS. The molecule has 0 atom stereocenters. The van der Waals surface area contributed by atoms with Crippen molar-refractivity contribution in [3.8, 4) is 0 Å². The summed E-state index contributed by atoms with van der Waals surface area (Å²) in [5.74, 6) is -0.339. The molecule has 0 aliphatic heterocycles. The predicted octanol–water partition coefficient (Wildman–Crippen LogP) is 2.57. The Kier molecular flexibility index (Phi) is 3.58. The second-order valence-electron chi connectivity index (χ2n) is 3.03. The average molecular weight is 240 g/mol. The van der Waals surface area contributed by atoms with Crippen LogP contribution in [0.5, 0.6) is 0 Å². The van der Waals surface area contributed by atoms with E-state index >= 15 is 0 Å². The maximum atomic E-state index is 11.5. The fourth-order valence-corrected chi connectivity index (χ4v) is 1.29. The molecule has 86 valence electrons. The molecule has 0 unspecified atom stereocenters. The van der Waals surface area contributed by atoms with Crippen molar-refractivity contribution in [1.29, 1.82) is 0 Å². The van der Waals surface area contributed by atoms with E-state index < -0.39 is 11.9 Å². The number of carbonyl (C=O) groups is 1. The Morgan fingerprint density at radius 3 is 3.12 bits per heavy atom. The van der Waals surface area contributed by atoms with Gasteiger partial charge in [-0.3, -0.25) is 4.79 Å². The normalized spacial score (nSPS) is 16.9. The minimum atomic E-state index is -2.39. The Balaban J connectivity index is 2.35. The Hall–Kier alpha value is -1.22. The van der Waals surface area contributed by atoms with E-state index in [1.54, 1.807) is 6.08 Å². The highest BCUT2D eigenvalue weighted by Gasteiger charge is 1.93. The first-order valence-corrected chi connectivity index (χ1v) is 5.71. The Morgan fingerprint density at radius 2 is 2.38 bits per heavy atom. The Bertz CT molecular complexity index is 487. The topological polar surface area (TPSA) is 29.1 Å². The van der Waals surface area contributed by atoms with Gasteiger partial charge in [0.05, 0.1) is 0 Å². The Labute approximate surface area is 108 Å². The maximum Gasteiger partial charge on any atom is 0.243 e. The van der Waals surface area contributed by atoms with Gasteiger partial charge < -0.3 is 5.32 Å². The van der Waals surface area contributed by atoms with Crippen molar-refractivity contribution >= 4 is 23.7 Å². The molecule has 0 aromatic heterocycles. The van der Waals surface area contributed by atoms with Crippen molar-refractivity contribution in [3.05, 3.63) is 42.0 Å². The summed E-state index contributed by atoms with van der Waals surface area (Å²) in [6.07, 6.45) is 0.560. The van der Waals surface area contributed by atoms with Gasteiger partial charge in [0.25, 0.3) is 0 Å². The third-order valence-corrected chi connectivity index (χ3v) is 2.17. The molecule has 0 aliphatic rings. The summed E-state index contributed by atoms with van der Waals surface area (Å²) in [5.41, 5.74) is -1.01. The quantitative estimate of drug-likeness (QED) is 0.774. The van der Waals surface area contributed by atoms with Crippen LogP contribution >= 0.6 is 11.8 Å². The molecule has 1 aromatic carbocycles. The highest BCUT2D eigenvalue weighted by Crippen LogP contribution is 2.00. The van der Waals surface area contributed by atoms with E-state index in [1.807, 2.05) is 30.3 Å². The predicted molar refractivity (Wildman–Crippen MR) is 71.5 cm³/mol. The minimum Gasteiger partial charge on any atom is -0.353 e. The van der Waals surface area contributed by atoms with E-state index in [0.717, 1.165) is 5.56 Å². The van der Waals surface area contributed by atoms with E-state index in [4.69, 9.17) is 6.85 Å². The molecule has 0 fully saturated rings. The molecule has 2 nitrogen and oxygen atoms in total.